The third-order valence-electron chi connectivity index (χ3n) is 0.824. The van der Waals surface area contributed by atoms with Crippen molar-refractivity contribution in [1.82, 2.24) is 0 Å². The Bertz CT molecular complexity index is 203. The van der Waals surface area contributed by atoms with Gasteiger partial charge < -0.3 is 0 Å². The molecule has 0 radical (unpaired) electrons. The second kappa shape index (κ2) is 7.59. The van der Waals surface area contributed by atoms with E-state index in [0.29, 0.717) is 10.0 Å². The first kappa shape index (κ1) is 13.2. The second-order valence-corrected chi connectivity index (χ2v) is 8.91. The van der Waals surface area contributed by atoms with Crippen molar-refractivity contribution in [3.63, 3.8) is 0 Å². The van der Waals surface area contributed by atoms with E-state index in [1.165, 1.54) is 0 Å². The molecule has 66 valence electrons. The van der Waals surface area contributed by atoms with Crippen molar-refractivity contribution in [2.75, 3.05) is 0 Å². The van der Waals surface area contributed by atoms with E-state index >= 15 is 0 Å². The van der Waals surface area contributed by atoms with Crippen LogP contribution in [0.4, 0.5) is 0 Å². The van der Waals surface area contributed by atoms with Gasteiger partial charge in [0.25, 0.3) is 0 Å². The fourth-order valence-corrected chi connectivity index (χ4v) is 0.711. The molecule has 12 heavy (non-hydrogen) atoms. The molecule has 0 saturated carbocycles. The molecule has 0 spiro atoms. The Kier molecular flexibility index (Phi) is 8.35. The summed E-state index contributed by atoms with van der Waals surface area (Å²) in [7, 11) is 14.8. The van der Waals surface area contributed by atoms with Gasteiger partial charge in [0.05, 0.1) is 10.0 Å². The maximum atomic E-state index is 5.58. The van der Waals surface area contributed by atoms with E-state index in [1.54, 1.807) is 12.1 Å². The molecule has 0 fully saturated rings. The molecule has 0 amide bonds. The van der Waals surface area contributed by atoms with Crippen molar-refractivity contribution in [2.45, 2.75) is 0 Å². The Labute approximate surface area is 98.3 Å². The maximum Gasteiger partial charge on any atom is 0.643 e. The summed E-state index contributed by atoms with van der Waals surface area (Å²) in [5.74, 6) is 0. The van der Waals surface area contributed by atoms with Gasteiger partial charge in [-0.2, -0.15) is 0 Å². The van der Waals surface area contributed by atoms with Crippen molar-refractivity contribution < 1.29 is 0 Å². The Hall–Kier alpha value is 1.20. The fourth-order valence-electron chi connectivity index (χ4n) is 0.439. The highest BCUT2D eigenvalue weighted by Crippen LogP contribution is 2.19. The van der Waals surface area contributed by atoms with Crippen LogP contribution < -0.4 is 0 Å². The van der Waals surface area contributed by atoms with Crippen LogP contribution in [0.1, 0.15) is 0 Å². The molecular weight excluding hydrogens is 276 g/mol. The molecule has 0 nitrogen and oxygen atoms in total. The molecule has 0 atom stereocenters. The summed E-state index contributed by atoms with van der Waals surface area (Å²) in [6, 6.07) is 7.19. The van der Waals surface area contributed by atoms with Gasteiger partial charge in [-0.15, -0.1) is 0 Å². The highest BCUT2D eigenvalue weighted by atomic mass is 35.8. The molecule has 0 N–H and O–H groups in total. The molecule has 1 aromatic rings. The molecule has 0 aromatic heterocycles. The van der Waals surface area contributed by atoms with Crippen molar-refractivity contribution in [3.05, 3.63) is 34.3 Å². The highest BCUT2D eigenvalue weighted by Gasteiger charge is 2.00. The molecule has 1 aromatic carbocycles. The third kappa shape index (κ3) is 7.83. The van der Waals surface area contributed by atoms with Crippen LogP contribution in [-0.2, 0) is 0 Å². The molecule has 0 unspecified atom stereocenters. The summed E-state index contributed by atoms with van der Waals surface area (Å²) in [4.78, 5) is 0. The van der Waals surface area contributed by atoms with Crippen LogP contribution in [0.2, 0.25) is 10.0 Å². The van der Waals surface area contributed by atoms with E-state index in [9.17, 15) is 0 Å². The first-order valence-electron chi connectivity index (χ1n) is 2.86. The summed E-state index contributed by atoms with van der Waals surface area (Å²) in [5, 5.41) is 1.21. The lowest BCUT2D eigenvalue weighted by Gasteiger charge is -1.88. The van der Waals surface area contributed by atoms with Gasteiger partial charge >= 0.3 is 11.4 Å². The highest BCUT2D eigenvalue weighted by molar-refractivity contribution is 7.54. The first-order chi connectivity index (χ1) is 5.54. The van der Waals surface area contributed by atoms with Crippen LogP contribution in [0.5, 0.6) is 0 Å². The normalized spacial score (nSPS) is 8.42. The van der Waals surface area contributed by atoms with Crippen LogP contribution >= 0.6 is 53.3 Å². The molecule has 0 aliphatic carbocycles. The molecule has 0 bridgehead atoms. The van der Waals surface area contributed by atoms with Gasteiger partial charge in [-0.05, 0) is 12.1 Å². The Balaban J connectivity index is 0.000000261. The smallest absolute Gasteiger partial charge is 0.214 e. The minimum atomic E-state index is -1.72. The lowest BCUT2D eigenvalue weighted by molar-refractivity contribution is 1.71. The second-order valence-electron chi connectivity index (χ2n) is 1.66. The Morgan fingerprint density at radius 3 is 1.25 bits per heavy atom. The number of halogens is 5. The molecule has 1 rings (SSSR count). The van der Waals surface area contributed by atoms with E-state index in [2.05, 4.69) is 0 Å². The van der Waals surface area contributed by atoms with Gasteiger partial charge in [0.2, 0.25) is 0 Å². The molecule has 0 aliphatic rings. The zero-order valence-corrected chi connectivity index (χ0v) is 10.7. The standard InChI is InChI=1S/C6H4Cl2.Al.3ClH/c7-5-3-1-2-4-6(5)8;;;;/h1-4H;;3*1H/q;+3;;;/p-3. The minimum absolute atomic E-state index is 0.606. The van der Waals surface area contributed by atoms with Crippen LogP contribution in [0, 0.1) is 0 Å². The quantitative estimate of drug-likeness (QED) is 0.605. The summed E-state index contributed by atoms with van der Waals surface area (Å²) in [6.07, 6.45) is 0. The average Bonchev–Trinajstić information content (AvgIpc) is 1.94. The Morgan fingerprint density at radius 2 is 1.08 bits per heavy atom. The van der Waals surface area contributed by atoms with E-state index in [0.717, 1.165) is 0 Å². The number of hydrogen-bond donors (Lipinski definition) is 0. The van der Waals surface area contributed by atoms with Crippen LogP contribution in [0.3, 0.4) is 0 Å². The molecular formula is C6H4AlCl5. The van der Waals surface area contributed by atoms with Gasteiger partial charge in [-0.3, -0.25) is 0 Å². The predicted octanol–water partition coefficient (Wildman–Crippen LogP) is 4.68. The SMILES string of the molecule is Clc1ccccc1Cl.[Cl][Al]([Cl])[Cl]. The van der Waals surface area contributed by atoms with Gasteiger partial charge in [0, 0.05) is 0 Å². The molecule has 0 heterocycles. The summed E-state index contributed by atoms with van der Waals surface area (Å²) in [5.41, 5.74) is 0. The summed E-state index contributed by atoms with van der Waals surface area (Å²) >= 11 is 9.43. The average molecular weight is 280 g/mol. The van der Waals surface area contributed by atoms with Gasteiger partial charge in [-0.25, -0.2) is 30.1 Å². The topological polar surface area (TPSA) is 0 Å². The van der Waals surface area contributed by atoms with Crippen molar-refractivity contribution >= 4 is 64.7 Å². The fraction of sp³-hybridized carbons (Fsp3) is 0. The molecule has 6 heteroatoms. The number of hydrogen-bond acceptors (Lipinski definition) is 0. The zero-order valence-electron chi connectivity index (χ0n) is 5.78. The maximum absolute atomic E-state index is 5.58. The van der Waals surface area contributed by atoms with Crippen molar-refractivity contribution in [1.29, 1.82) is 0 Å². The monoisotopic (exact) mass is 278 g/mol. The van der Waals surface area contributed by atoms with Crippen molar-refractivity contribution in [3.8, 4) is 0 Å². The van der Waals surface area contributed by atoms with Crippen LogP contribution in [0.25, 0.3) is 0 Å². The van der Waals surface area contributed by atoms with Gasteiger partial charge in [-0.1, -0.05) is 35.3 Å². The third-order valence-corrected chi connectivity index (χ3v) is 1.58. The number of benzene rings is 1. The van der Waals surface area contributed by atoms with E-state index in [4.69, 9.17) is 53.3 Å². The number of rotatable bonds is 0. The van der Waals surface area contributed by atoms with E-state index < -0.39 is 11.4 Å². The molecule has 0 aliphatic heterocycles. The Morgan fingerprint density at radius 1 is 0.833 bits per heavy atom. The lowest BCUT2D eigenvalue weighted by atomic mass is 10.4. The summed E-state index contributed by atoms with van der Waals surface area (Å²) < 4.78 is 0. The minimum Gasteiger partial charge on any atom is -0.214 e. The van der Waals surface area contributed by atoms with Crippen LogP contribution in [0.15, 0.2) is 24.3 Å². The zero-order chi connectivity index (χ0) is 9.56. The van der Waals surface area contributed by atoms with Gasteiger partial charge in [0.15, 0.2) is 0 Å². The predicted molar refractivity (Wildman–Crippen MR) is 59.8 cm³/mol. The first-order valence-corrected chi connectivity index (χ1v) is 8.85. The largest absolute Gasteiger partial charge is 0.643 e. The van der Waals surface area contributed by atoms with E-state index in [-0.39, 0.29) is 0 Å². The molecule has 0 saturated heterocycles. The van der Waals surface area contributed by atoms with E-state index in [1.807, 2.05) is 12.1 Å². The van der Waals surface area contributed by atoms with Gasteiger partial charge in [0.1, 0.15) is 0 Å². The lowest BCUT2D eigenvalue weighted by Crippen LogP contribution is -1.66. The summed E-state index contributed by atoms with van der Waals surface area (Å²) in [6.45, 7) is 0. The van der Waals surface area contributed by atoms with Crippen LogP contribution in [-0.4, -0.2) is 11.4 Å². The van der Waals surface area contributed by atoms with Crippen molar-refractivity contribution in [2.24, 2.45) is 0 Å².